The number of rotatable bonds is 4. The van der Waals surface area contributed by atoms with Gasteiger partial charge in [0.05, 0.1) is 0 Å². The molecule has 0 aliphatic carbocycles. The van der Waals surface area contributed by atoms with Gasteiger partial charge in [0.2, 0.25) is 0 Å². The normalized spacial score (nSPS) is 10.1. The summed E-state index contributed by atoms with van der Waals surface area (Å²) in [6, 6.07) is 18.6. The van der Waals surface area contributed by atoms with Crippen molar-refractivity contribution in [1.29, 1.82) is 0 Å². The second-order valence-electron chi connectivity index (χ2n) is 3.83. The van der Waals surface area contributed by atoms with E-state index in [1.165, 1.54) is 11.1 Å². The molecule has 0 aromatic heterocycles. The number of para-hydroxylation sites is 1. The van der Waals surface area contributed by atoms with Gasteiger partial charge in [-0.3, -0.25) is 0 Å². The SMILES string of the molecule is Cc1ccc(CNNc2ccccc2)cc1. The van der Waals surface area contributed by atoms with Crippen molar-refractivity contribution in [2.45, 2.75) is 13.5 Å². The molecule has 0 radical (unpaired) electrons. The molecule has 0 fully saturated rings. The molecule has 0 saturated carbocycles. The largest absolute Gasteiger partial charge is 0.321 e. The van der Waals surface area contributed by atoms with Gasteiger partial charge in [-0.25, -0.2) is 5.43 Å². The number of hydrazine groups is 1. The summed E-state index contributed by atoms with van der Waals surface area (Å²) in [5.74, 6) is 0. The predicted molar refractivity (Wildman–Crippen MR) is 68.1 cm³/mol. The number of aryl methyl sites for hydroxylation is 1. The van der Waals surface area contributed by atoms with Crippen LogP contribution in [0.25, 0.3) is 0 Å². The quantitative estimate of drug-likeness (QED) is 0.761. The van der Waals surface area contributed by atoms with Crippen LogP contribution in [-0.4, -0.2) is 0 Å². The van der Waals surface area contributed by atoms with E-state index in [2.05, 4.69) is 42.0 Å². The van der Waals surface area contributed by atoms with Gasteiger partial charge in [-0.05, 0) is 24.6 Å². The van der Waals surface area contributed by atoms with Crippen LogP contribution in [0.2, 0.25) is 0 Å². The highest BCUT2D eigenvalue weighted by atomic mass is 15.3. The van der Waals surface area contributed by atoms with E-state index in [1.807, 2.05) is 30.3 Å². The van der Waals surface area contributed by atoms with E-state index >= 15 is 0 Å². The van der Waals surface area contributed by atoms with Gasteiger partial charge in [0.25, 0.3) is 0 Å². The Balaban J connectivity index is 1.82. The minimum Gasteiger partial charge on any atom is -0.321 e. The Morgan fingerprint density at radius 3 is 2.25 bits per heavy atom. The van der Waals surface area contributed by atoms with Gasteiger partial charge in [-0.1, -0.05) is 48.0 Å². The average molecular weight is 212 g/mol. The summed E-state index contributed by atoms with van der Waals surface area (Å²) in [5.41, 5.74) is 9.99. The van der Waals surface area contributed by atoms with Crippen LogP contribution in [0.1, 0.15) is 11.1 Å². The first-order chi connectivity index (χ1) is 7.84. The second kappa shape index (κ2) is 5.33. The summed E-state index contributed by atoms with van der Waals surface area (Å²) in [5, 5.41) is 0. The molecule has 2 aromatic rings. The standard InChI is InChI=1S/C14H16N2/c1-12-7-9-13(10-8-12)11-15-16-14-5-3-2-4-6-14/h2-10,15-16H,11H2,1H3. The summed E-state index contributed by atoms with van der Waals surface area (Å²) in [6.07, 6.45) is 0. The maximum Gasteiger partial charge on any atom is 0.0487 e. The third-order valence-corrected chi connectivity index (χ3v) is 2.42. The van der Waals surface area contributed by atoms with Gasteiger partial charge < -0.3 is 5.43 Å². The first kappa shape index (κ1) is 10.7. The molecule has 0 bridgehead atoms. The smallest absolute Gasteiger partial charge is 0.0487 e. The zero-order valence-electron chi connectivity index (χ0n) is 9.40. The first-order valence-electron chi connectivity index (χ1n) is 5.44. The van der Waals surface area contributed by atoms with Crippen LogP contribution in [0.15, 0.2) is 54.6 Å². The summed E-state index contributed by atoms with van der Waals surface area (Å²) in [7, 11) is 0. The van der Waals surface area contributed by atoms with E-state index in [0.29, 0.717) is 0 Å². The number of hydrogen-bond donors (Lipinski definition) is 2. The lowest BCUT2D eigenvalue weighted by atomic mass is 10.1. The molecule has 0 heterocycles. The minimum atomic E-state index is 0.815. The molecule has 0 atom stereocenters. The van der Waals surface area contributed by atoms with Crippen molar-refractivity contribution in [3.63, 3.8) is 0 Å². The predicted octanol–water partition coefficient (Wildman–Crippen LogP) is 3.11. The third-order valence-electron chi connectivity index (χ3n) is 2.42. The Hall–Kier alpha value is -1.80. The Bertz CT molecular complexity index is 420. The van der Waals surface area contributed by atoms with Crippen molar-refractivity contribution in [2.75, 3.05) is 5.43 Å². The zero-order chi connectivity index (χ0) is 11.2. The lowest BCUT2D eigenvalue weighted by Gasteiger charge is -2.08. The van der Waals surface area contributed by atoms with Gasteiger partial charge in [0.1, 0.15) is 0 Å². The van der Waals surface area contributed by atoms with Crippen LogP contribution in [0, 0.1) is 6.92 Å². The van der Waals surface area contributed by atoms with Crippen LogP contribution in [0.4, 0.5) is 5.69 Å². The maximum atomic E-state index is 3.19. The fourth-order valence-corrected chi connectivity index (χ4v) is 1.48. The third kappa shape index (κ3) is 3.11. The van der Waals surface area contributed by atoms with E-state index in [1.54, 1.807) is 0 Å². The van der Waals surface area contributed by atoms with E-state index in [4.69, 9.17) is 0 Å². The van der Waals surface area contributed by atoms with Crippen LogP contribution in [0.5, 0.6) is 0 Å². The molecule has 82 valence electrons. The van der Waals surface area contributed by atoms with Gasteiger partial charge in [-0.15, -0.1) is 0 Å². The first-order valence-corrected chi connectivity index (χ1v) is 5.44. The molecule has 2 aromatic carbocycles. The van der Waals surface area contributed by atoms with Crippen molar-refractivity contribution in [1.82, 2.24) is 5.43 Å². The number of nitrogens with one attached hydrogen (secondary N) is 2. The van der Waals surface area contributed by atoms with Gasteiger partial charge >= 0.3 is 0 Å². The van der Waals surface area contributed by atoms with E-state index in [-0.39, 0.29) is 0 Å². The van der Waals surface area contributed by atoms with Crippen molar-refractivity contribution < 1.29 is 0 Å². The molecule has 2 rings (SSSR count). The molecule has 2 nitrogen and oxygen atoms in total. The average Bonchev–Trinajstić information content (AvgIpc) is 2.33. The van der Waals surface area contributed by atoms with Gasteiger partial charge in [0, 0.05) is 12.2 Å². The highest BCUT2D eigenvalue weighted by Crippen LogP contribution is 2.05. The lowest BCUT2D eigenvalue weighted by Crippen LogP contribution is -2.20. The van der Waals surface area contributed by atoms with Gasteiger partial charge in [0.15, 0.2) is 0 Å². The molecule has 0 spiro atoms. The summed E-state index contributed by atoms with van der Waals surface area (Å²) >= 11 is 0. The Labute approximate surface area is 96.3 Å². The topological polar surface area (TPSA) is 24.1 Å². The van der Waals surface area contributed by atoms with E-state index < -0.39 is 0 Å². The maximum absolute atomic E-state index is 3.19. The zero-order valence-corrected chi connectivity index (χ0v) is 9.40. The van der Waals surface area contributed by atoms with Crippen molar-refractivity contribution >= 4 is 5.69 Å². The highest BCUT2D eigenvalue weighted by Gasteiger charge is 1.92. The molecule has 0 unspecified atom stereocenters. The molecule has 0 saturated heterocycles. The molecule has 0 aliphatic heterocycles. The van der Waals surface area contributed by atoms with Crippen molar-refractivity contribution in [3.05, 3.63) is 65.7 Å². The Morgan fingerprint density at radius 1 is 0.875 bits per heavy atom. The lowest BCUT2D eigenvalue weighted by molar-refractivity contribution is 0.801. The van der Waals surface area contributed by atoms with E-state index in [0.717, 1.165) is 12.2 Å². The second-order valence-corrected chi connectivity index (χ2v) is 3.83. The van der Waals surface area contributed by atoms with Crippen LogP contribution in [0.3, 0.4) is 0 Å². The van der Waals surface area contributed by atoms with Crippen LogP contribution < -0.4 is 10.9 Å². The molecule has 0 amide bonds. The highest BCUT2D eigenvalue weighted by molar-refractivity contribution is 5.41. The molecule has 2 N–H and O–H groups in total. The number of benzene rings is 2. The summed E-state index contributed by atoms with van der Waals surface area (Å²) < 4.78 is 0. The minimum absolute atomic E-state index is 0.815. The molecular formula is C14H16N2. The monoisotopic (exact) mass is 212 g/mol. The Kier molecular flexibility index (Phi) is 3.57. The summed E-state index contributed by atoms with van der Waals surface area (Å²) in [6.45, 7) is 2.91. The molecule has 16 heavy (non-hydrogen) atoms. The molecule has 2 heteroatoms. The van der Waals surface area contributed by atoms with E-state index in [9.17, 15) is 0 Å². The van der Waals surface area contributed by atoms with Crippen molar-refractivity contribution in [3.8, 4) is 0 Å². The van der Waals surface area contributed by atoms with Crippen LogP contribution >= 0.6 is 0 Å². The Morgan fingerprint density at radius 2 is 1.56 bits per heavy atom. The molecular weight excluding hydrogens is 196 g/mol. The van der Waals surface area contributed by atoms with Gasteiger partial charge in [-0.2, -0.15) is 0 Å². The number of anilines is 1. The van der Waals surface area contributed by atoms with Crippen LogP contribution in [-0.2, 0) is 6.54 Å². The fraction of sp³-hybridized carbons (Fsp3) is 0.143. The summed E-state index contributed by atoms with van der Waals surface area (Å²) in [4.78, 5) is 0. The molecule has 0 aliphatic rings. The fourth-order valence-electron chi connectivity index (χ4n) is 1.48. The van der Waals surface area contributed by atoms with Crippen molar-refractivity contribution in [2.24, 2.45) is 0 Å². The number of hydrogen-bond acceptors (Lipinski definition) is 2.